The number of aromatic nitrogens is 1. The van der Waals surface area contributed by atoms with Gasteiger partial charge in [-0.15, -0.1) is 0 Å². The molecule has 1 heterocycles. The van der Waals surface area contributed by atoms with Gasteiger partial charge < -0.3 is 9.80 Å². The van der Waals surface area contributed by atoms with Crippen LogP contribution >= 0.6 is 15.9 Å². The van der Waals surface area contributed by atoms with Gasteiger partial charge in [-0.2, -0.15) is 0 Å². The molecule has 5 heteroatoms. The van der Waals surface area contributed by atoms with Gasteiger partial charge in [-0.1, -0.05) is 0 Å². The average molecular weight is 300 g/mol. The lowest BCUT2D eigenvalue weighted by atomic mass is 10.3. The highest BCUT2D eigenvalue weighted by Gasteiger charge is 2.15. The number of halogens is 1. The van der Waals surface area contributed by atoms with Crippen LogP contribution in [0.4, 0.5) is 0 Å². The SMILES string of the molecule is CN(C)CCCN(C)C(=O)c1ncccc1Br. The third-order valence-corrected chi connectivity index (χ3v) is 3.05. The van der Waals surface area contributed by atoms with Crippen LogP contribution in [0, 0.1) is 0 Å². The lowest BCUT2D eigenvalue weighted by molar-refractivity contribution is 0.0784. The van der Waals surface area contributed by atoms with Crippen molar-refractivity contribution < 1.29 is 4.79 Å². The van der Waals surface area contributed by atoms with E-state index in [0.29, 0.717) is 5.69 Å². The van der Waals surface area contributed by atoms with Gasteiger partial charge in [0, 0.05) is 24.3 Å². The van der Waals surface area contributed by atoms with Gasteiger partial charge in [0.25, 0.3) is 5.91 Å². The standard InChI is InChI=1S/C12H18BrN3O/c1-15(2)8-5-9-16(3)12(17)11-10(13)6-4-7-14-11/h4,6-7H,5,8-9H2,1-3H3. The molecule has 94 valence electrons. The topological polar surface area (TPSA) is 36.4 Å². The monoisotopic (exact) mass is 299 g/mol. The second-order valence-electron chi connectivity index (χ2n) is 4.22. The molecule has 0 radical (unpaired) electrons. The van der Waals surface area contributed by atoms with Crippen LogP contribution in [0.5, 0.6) is 0 Å². The van der Waals surface area contributed by atoms with Crippen LogP contribution in [0.15, 0.2) is 22.8 Å². The highest BCUT2D eigenvalue weighted by atomic mass is 79.9. The van der Waals surface area contributed by atoms with Gasteiger partial charge in [0.15, 0.2) is 0 Å². The van der Waals surface area contributed by atoms with Crippen LogP contribution in [0.1, 0.15) is 16.9 Å². The molecule has 0 aliphatic heterocycles. The lowest BCUT2D eigenvalue weighted by Crippen LogP contribution is -2.30. The molecule has 0 aromatic carbocycles. The van der Waals surface area contributed by atoms with Crippen molar-refractivity contribution in [3.05, 3.63) is 28.5 Å². The molecule has 4 nitrogen and oxygen atoms in total. The fourth-order valence-corrected chi connectivity index (χ4v) is 1.87. The van der Waals surface area contributed by atoms with Crippen molar-refractivity contribution >= 4 is 21.8 Å². The van der Waals surface area contributed by atoms with E-state index in [0.717, 1.165) is 24.0 Å². The fraction of sp³-hybridized carbons (Fsp3) is 0.500. The summed E-state index contributed by atoms with van der Waals surface area (Å²) in [4.78, 5) is 20.0. The number of amides is 1. The Morgan fingerprint density at radius 1 is 1.35 bits per heavy atom. The molecule has 1 amide bonds. The molecular weight excluding hydrogens is 282 g/mol. The highest BCUT2D eigenvalue weighted by molar-refractivity contribution is 9.10. The minimum Gasteiger partial charge on any atom is -0.340 e. The van der Waals surface area contributed by atoms with Crippen LogP contribution in [0.3, 0.4) is 0 Å². The largest absolute Gasteiger partial charge is 0.340 e. The Bertz CT molecular complexity index is 382. The van der Waals surface area contributed by atoms with E-state index in [1.807, 2.05) is 20.2 Å². The molecule has 0 aliphatic carbocycles. The first kappa shape index (κ1) is 14.1. The average Bonchev–Trinajstić information content (AvgIpc) is 2.28. The molecular formula is C12H18BrN3O. The molecule has 0 fully saturated rings. The van der Waals surface area contributed by atoms with E-state index >= 15 is 0 Å². The van der Waals surface area contributed by atoms with Crippen molar-refractivity contribution in [2.24, 2.45) is 0 Å². The molecule has 0 unspecified atom stereocenters. The number of nitrogens with zero attached hydrogens (tertiary/aromatic N) is 3. The molecule has 0 N–H and O–H groups in total. The van der Waals surface area contributed by atoms with Crippen molar-refractivity contribution in [2.45, 2.75) is 6.42 Å². The zero-order valence-electron chi connectivity index (χ0n) is 10.5. The molecule has 0 aliphatic rings. The van der Waals surface area contributed by atoms with E-state index in [1.165, 1.54) is 0 Å². The zero-order chi connectivity index (χ0) is 12.8. The molecule has 1 aromatic rings. The predicted octanol–water partition coefficient (Wildman–Crippen LogP) is 1.87. The third-order valence-electron chi connectivity index (χ3n) is 2.41. The summed E-state index contributed by atoms with van der Waals surface area (Å²) in [5.74, 6) is -0.0452. The molecule has 17 heavy (non-hydrogen) atoms. The maximum Gasteiger partial charge on any atom is 0.273 e. The number of pyridine rings is 1. The first-order valence-corrected chi connectivity index (χ1v) is 6.32. The van der Waals surface area contributed by atoms with Crippen LogP contribution < -0.4 is 0 Å². The number of hydrogen-bond donors (Lipinski definition) is 0. The lowest BCUT2D eigenvalue weighted by Gasteiger charge is -2.18. The van der Waals surface area contributed by atoms with Crippen molar-refractivity contribution in [3.63, 3.8) is 0 Å². The first-order valence-electron chi connectivity index (χ1n) is 5.53. The summed E-state index contributed by atoms with van der Waals surface area (Å²) in [5, 5.41) is 0. The minimum absolute atomic E-state index is 0.0452. The van der Waals surface area contributed by atoms with E-state index < -0.39 is 0 Å². The number of carbonyl (C=O) groups is 1. The summed E-state index contributed by atoms with van der Waals surface area (Å²) in [5.41, 5.74) is 0.472. The third kappa shape index (κ3) is 4.44. The predicted molar refractivity (Wildman–Crippen MR) is 72.1 cm³/mol. The Kier molecular flexibility index (Phi) is 5.58. The molecule has 0 bridgehead atoms. The highest BCUT2D eigenvalue weighted by Crippen LogP contribution is 2.14. The van der Waals surface area contributed by atoms with Gasteiger partial charge in [-0.05, 0) is 55.1 Å². The summed E-state index contributed by atoms with van der Waals surface area (Å²) in [6.07, 6.45) is 2.59. The molecule has 0 spiro atoms. The second kappa shape index (κ2) is 6.71. The molecule has 0 saturated carbocycles. The van der Waals surface area contributed by atoms with Crippen molar-refractivity contribution in [1.82, 2.24) is 14.8 Å². The quantitative estimate of drug-likeness (QED) is 0.833. The van der Waals surface area contributed by atoms with E-state index in [1.54, 1.807) is 24.2 Å². The minimum atomic E-state index is -0.0452. The first-order chi connectivity index (χ1) is 8.02. The van der Waals surface area contributed by atoms with E-state index in [2.05, 4.69) is 25.8 Å². The van der Waals surface area contributed by atoms with Gasteiger partial charge in [0.1, 0.15) is 5.69 Å². The van der Waals surface area contributed by atoms with Crippen molar-refractivity contribution in [2.75, 3.05) is 34.2 Å². The van der Waals surface area contributed by atoms with E-state index in [9.17, 15) is 4.79 Å². The maximum absolute atomic E-state index is 12.1. The summed E-state index contributed by atoms with van der Waals surface area (Å²) >= 11 is 3.34. The maximum atomic E-state index is 12.1. The van der Waals surface area contributed by atoms with Crippen molar-refractivity contribution in [3.8, 4) is 0 Å². The number of carbonyl (C=O) groups excluding carboxylic acids is 1. The van der Waals surface area contributed by atoms with Crippen LogP contribution in [0.25, 0.3) is 0 Å². The van der Waals surface area contributed by atoms with Crippen molar-refractivity contribution in [1.29, 1.82) is 0 Å². The fourth-order valence-electron chi connectivity index (χ4n) is 1.45. The van der Waals surface area contributed by atoms with Crippen LogP contribution in [-0.4, -0.2) is 54.9 Å². The number of hydrogen-bond acceptors (Lipinski definition) is 3. The molecule has 1 aromatic heterocycles. The Balaban J connectivity index is 2.55. The van der Waals surface area contributed by atoms with Gasteiger partial charge in [-0.3, -0.25) is 4.79 Å². The summed E-state index contributed by atoms with van der Waals surface area (Å²) in [6, 6.07) is 3.63. The summed E-state index contributed by atoms with van der Waals surface area (Å²) in [7, 11) is 5.85. The van der Waals surface area contributed by atoms with Crippen LogP contribution in [0.2, 0.25) is 0 Å². The molecule has 0 saturated heterocycles. The van der Waals surface area contributed by atoms with E-state index in [4.69, 9.17) is 0 Å². The normalized spacial score (nSPS) is 10.6. The summed E-state index contributed by atoms with van der Waals surface area (Å²) < 4.78 is 0.740. The smallest absolute Gasteiger partial charge is 0.273 e. The van der Waals surface area contributed by atoms with E-state index in [-0.39, 0.29) is 5.91 Å². The zero-order valence-corrected chi connectivity index (χ0v) is 12.1. The Hall–Kier alpha value is -0.940. The summed E-state index contributed by atoms with van der Waals surface area (Å²) in [6.45, 7) is 1.71. The molecule has 1 rings (SSSR count). The van der Waals surface area contributed by atoms with Gasteiger partial charge in [-0.25, -0.2) is 4.98 Å². The van der Waals surface area contributed by atoms with Gasteiger partial charge in [0.2, 0.25) is 0 Å². The number of rotatable bonds is 5. The van der Waals surface area contributed by atoms with Gasteiger partial charge in [0.05, 0.1) is 0 Å². The van der Waals surface area contributed by atoms with Gasteiger partial charge >= 0.3 is 0 Å². The molecule has 0 atom stereocenters. The van der Waals surface area contributed by atoms with Crippen LogP contribution in [-0.2, 0) is 0 Å². The Morgan fingerprint density at radius 3 is 2.65 bits per heavy atom. The second-order valence-corrected chi connectivity index (χ2v) is 5.07. The Morgan fingerprint density at radius 2 is 2.06 bits per heavy atom. The Labute approximate surface area is 111 Å².